The number of benzene rings is 1. The van der Waals surface area contributed by atoms with Crippen LogP contribution in [0.15, 0.2) is 55.1 Å². The molecule has 0 fully saturated rings. The largest absolute Gasteiger partial charge is 0.497 e. The Hall–Kier alpha value is -3.15. The number of imidazole rings is 1. The Bertz CT molecular complexity index is 837. The maximum atomic E-state index is 12.8. The van der Waals surface area contributed by atoms with Gasteiger partial charge >= 0.3 is 0 Å². The molecule has 25 heavy (non-hydrogen) atoms. The minimum atomic E-state index is -0.296. The van der Waals surface area contributed by atoms with Crippen molar-refractivity contribution in [3.8, 4) is 5.75 Å². The van der Waals surface area contributed by atoms with Gasteiger partial charge in [-0.2, -0.15) is 0 Å². The number of ether oxygens (including phenoxy) is 1. The number of rotatable bonds is 5. The monoisotopic (exact) mass is 336 g/mol. The van der Waals surface area contributed by atoms with Crippen LogP contribution >= 0.6 is 0 Å². The Balaban J connectivity index is 1.95. The molecule has 6 nitrogen and oxygen atoms in total. The zero-order valence-electron chi connectivity index (χ0n) is 14.4. The second-order valence-corrected chi connectivity index (χ2v) is 5.75. The van der Waals surface area contributed by atoms with Gasteiger partial charge in [-0.05, 0) is 42.3 Å². The second kappa shape index (κ2) is 7.17. The van der Waals surface area contributed by atoms with Crippen LogP contribution in [-0.2, 0) is 7.05 Å². The molecule has 128 valence electrons. The molecule has 0 aliphatic heterocycles. The van der Waals surface area contributed by atoms with E-state index in [1.807, 2.05) is 50.4 Å². The van der Waals surface area contributed by atoms with E-state index >= 15 is 0 Å². The third-order valence-corrected chi connectivity index (χ3v) is 4.10. The highest BCUT2D eigenvalue weighted by Gasteiger charge is 2.21. The third kappa shape index (κ3) is 3.52. The summed E-state index contributed by atoms with van der Waals surface area (Å²) in [6, 6.07) is 11.1. The van der Waals surface area contributed by atoms with Crippen molar-refractivity contribution in [1.29, 1.82) is 0 Å². The van der Waals surface area contributed by atoms with Crippen molar-refractivity contribution in [2.45, 2.75) is 13.0 Å². The summed E-state index contributed by atoms with van der Waals surface area (Å²) in [4.78, 5) is 21.1. The van der Waals surface area contributed by atoms with E-state index in [0.29, 0.717) is 11.4 Å². The molecule has 1 atom stereocenters. The fraction of sp³-hybridized carbons (Fsp3) is 0.211. The molecule has 3 aromatic rings. The van der Waals surface area contributed by atoms with Gasteiger partial charge in [0.05, 0.1) is 25.2 Å². The first-order valence-corrected chi connectivity index (χ1v) is 7.93. The fourth-order valence-electron chi connectivity index (χ4n) is 2.78. The molecule has 2 heterocycles. The predicted molar refractivity (Wildman–Crippen MR) is 94.5 cm³/mol. The van der Waals surface area contributed by atoms with Crippen molar-refractivity contribution in [1.82, 2.24) is 19.9 Å². The highest BCUT2D eigenvalue weighted by molar-refractivity contribution is 5.94. The molecule has 1 N–H and O–H groups in total. The average Bonchev–Trinajstić information content (AvgIpc) is 2.99. The van der Waals surface area contributed by atoms with E-state index in [4.69, 9.17) is 4.74 Å². The van der Waals surface area contributed by atoms with Crippen LogP contribution in [0.25, 0.3) is 0 Å². The lowest BCUT2D eigenvalue weighted by molar-refractivity contribution is 0.0934. The van der Waals surface area contributed by atoms with Gasteiger partial charge in [0, 0.05) is 19.4 Å². The molecule has 0 saturated heterocycles. The first-order chi connectivity index (χ1) is 12.1. The van der Waals surface area contributed by atoms with Gasteiger partial charge in [-0.25, -0.2) is 4.98 Å². The maximum absolute atomic E-state index is 12.8. The normalized spacial score (nSPS) is 11.8. The Morgan fingerprint density at radius 2 is 1.76 bits per heavy atom. The van der Waals surface area contributed by atoms with E-state index in [2.05, 4.69) is 15.3 Å². The van der Waals surface area contributed by atoms with Gasteiger partial charge in [-0.15, -0.1) is 0 Å². The Morgan fingerprint density at radius 3 is 2.32 bits per heavy atom. The summed E-state index contributed by atoms with van der Waals surface area (Å²) in [5.74, 6) is 0.598. The lowest BCUT2D eigenvalue weighted by atomic mass is 9.99. The van der Waals surface area contributed by atoms with Crippen LogP contribution in [0.1, 0.15) is 33.4 Å². The molecular weight excluding hydrogens is 316 g/mol. The van der Waals surface area contributed by atoms with Crippen LogP contribution in [0.4, 0.5) is 0 Å². The van der Waals surface area contributed by atoms with Gasteiger partial charge in [0.1, 0.15) is 11.4 Å². The molecule has 0 radical (unpaired) electrons. The molecule has 0 aliphatic rings. The topological polar surface area (TPSA) is 69.0 Å². The van der Waals surface area contributed by atoms with Gasteiger partial charge in [0.2, 0.25) is 0 Å². The summed E-state index contributed by atoms with van der Waals surface area (Å²) in [6.07, 6.45) is 5.07. The first-order valence-electron chi connectivity index (χ1n) is 7.93. The number of hydrogen-bond donors (Lipinski definition) is 1. The summed E-state index contributed by atoms with van der Waals surface area (Å²) >= 11 is 0. The molecular formula is C19H20N4O2. The van der Waals surface area contributed by atoms with Crippen molar-refractivity contribution >= 4 is 5.91 Å². The van der Waals surface area contributed by atoms with Gasteiger partial charge in [-0.3, -0.25) is 9.78 Å². The Labute approximate surface area is 146 Å². The van der Waals surface area contributed by atoms with Gasteiger partial charge in [-0.1, -0.05) is 12.1 Å². The smallest absolute Gasteiger partial charge is 0.270 e. The molecule has 1 amide bonds. The standard InChI is InChI=1S/C19H20N4O2/c1-13-18(23(2)12-21-13)19(24)22-17(15-8-10-20-11-9-15)14-4-6-16(25-3)7-5-14/h4-12,17H,1-3H3,(H,22,24). The van der Waals surface area contributed by atoms with Crippen LogP contribution in [0.5, 0.6) is 5.75 Å². The van der Waals surface area contributed by atoms with Crippen molar-refractivity contribution in [3.05, 3.63) is 77.6 Å². The predicted octanol–water partition coefficient (Wildman–Crippen LogP) is 2.65. The number of nitrogens with zero attached hydrogens (tertiary/aromatic N) is 3. The summed E-state index contributed by atoms with van der Waals surface area (Å²) in [5.41, 5.74) is 3.16. The van der Waals surface area contributed by atoms with Crippen LogP contribution < -0.4 is 10.1 Å². The molecule has 1 aromatic carbocycles. The molecule has 3 rings (SSSR count). The fourth-order valence-corrected chi connectivity index (χ4v) is 2.78. The number of nitrogens with one attached hydrogen (secondary N) is 1. The maximum Gasteiger partial charge on any atom is 0.270 e. The highest BCUT2D eigenvalue weighted by atomic mass is 16.5. The van der Waals surface area contributed by atoms with E-state index in [1.54, 1.807) is 30.4 Å². The number of carbonyl (C=O) groups excluding carboxylic acids is 1. The van der Waals surface area contributed by atoms with Crippen LogP contribution in [0.2, 0.25) is 0 Å². The molecule has 2 aromatic heterocycles. The minimum Gasteiger partial charge on any atom is -0.497 e. The van der Waals surface area contributed by atoms with E-state index in [9.17, 15) is 4.79 Å². The number of hydrogen-bond acceptors (Lipinski definition) is 4. The summed E-state index contributed by atoms with van der Waals surface area (Å²) in [5, 5.41) is 3.10. The number of pyridine rings is 1. The number of methoxy groups -OCH3 is 1. The zero-order chi connectivity index (χ0) is 17.8. The van der Waals surface area contributed by atoms with E-state index in [1.165, 1.54) is 0 Å². The zero-order valence-corrected chi connectivity index (χ0v) is 14.4. The number of aryl methyl sites for hydroxylation is 2. The minimum absolute atomic E-state index is 0.171. The third-order valence-electron chi connectivity index (χ3n) is 4.10. The summed E-state index contributed by atoms with van der Waals surface area (Å²) in [7, 11) is 3.44. The molecule has 0 bridgehead atoms. The van der Waals surface area contributed by atoms with E-state index in [-0.39, 0.29) is 11.9 Å². The molecule has 0 aliphatic carbocycles. The first kappa shape index (κ1) is 16.7. The van der Waals surface area contributed by atoms with E-state index in [0.717, 1.165) is 16.9 Å². The Kier molecular flexibility index (Phi) is 4.79. The number of amides is 1. The SMILES string of the molecule is COc1ccc(C(NC(=O)c2c(C)ncn2C)c2ccncc2)cc1. The van der Waals surface area contributed by atoms with Crippen LogP contribution in [0.3, 0.4) is 0 Å². The second-order valence-electron chi connectivity index (χ2n) is 5.75. The van der Waals surface area contributed by atoms with Crippen molar-refractivity contribution in [2.75, 3.05) is 7.11 Å². The van der Waals surface area contributed by atoms with Gasteiger partial charge in [0.25, 0.3) is 5.91 Å². The lowest BCUT2D eigenvalue weighted by Crippen LogP contribution is -2.31. The number of aromatic nitrogens is 3. The van der Waals surface area contributed by atoms with Gasteiger partial charge < -0.3 is 14.6 Å². The average molecular weight is 336 g/mol. The molecule has 0 spiro atoms. The van der Waals surface area contributed by atoms with E-state index < -0.39 is 0 Å². The van der Waals surface area contributed by atoms with Crippen molar-refractivity contribution in [2.24, 2.45) is 7.05 Å². The van der Waals surface area contributed by atoms with Crippen molar-refractivity contribution < 1.29 is 9.53 Å². The lowest BCUT2D eigenvalue weighted by Gasteiger charge is -2.20. The van der Waals surface area contributed by atoms with Crippen molar-refractivity contribution in [3.63, 3.8) is 0 Å². The Morgan fingerprint density at radius 1 is 1.12 bits per heavy atom. The number of carbonyl (C=O) groups is 1. The van der Waals surface area contributed by atoms with Crippen LogP contribution in [-0.4, -0.2) is 27.6 Å². The van der Waals surface area contributed by atoms with Crippen LogP contribution in [0, 0.1) is 6.92 Å². The quantitative estimate of drug-likeness (QED) is 0.778. The molecule has 1 unspecified atom stereocenters. The summed E-state index contributed by atoms with van der Waals surface area (Å²) in [6.45, 7) is 1.82. The summed E-state index contributed by atoms with van der Waals surface area (Å²) < 4.78 is 6.94. The van der Waals surface area contributed by atoms with Gasteiger partial charge in [0.15, 0.2) is 0 Å². The molecule has 6 heteroatoms. The highest BCUT2D eigenvalue weighted by Crippen LogP contribution is 2.24. The molecule has 0 saturated carbocycles.